The zero-order valence-corrected chi connectivity index (χ0v) is 15.3. The molecule has 0 bridgehead atoms. The monoisotopic (exact) mass is 320 g/mol. The number of hydrogen-bond donors (Lipinski definition) is 0. The molecule has 0 N–H and O–H groups in total. The predicted molar refractivity (Wildman–Crippen MR) is 80.6 cm³/mol. The van der Waals surface area contributed by atoms with E-state index in [1.54, 1.807) is 0 Å². The Morgan fingerprint density at radius 1 is 0.833 bits per heavy atom. The van der Waals surface area contributed by atoms with Crippen molar-refractivity contribution in [3.05, 3.63) is 73.0 Å². The van der Waals surface area contributed by atoms with E-state index in [0.717, 1.165) is 0 Å². The first kappa shape index (κ1) is 22.7. The van der Waals surface area contributed by atoms with E-state index in [0.29, 0.717) is 0 Å². The summed E-state index contributed by atoms with van der Waals surface area (Å²) in [7, 11) is 0. The van der Waals surface area contributed by atoms with E-state index < -0.39 is 0 Å². The van der Waals surface area contributed by atoms with E-state index in [-0.39, 0.29) is 41.1 Å². The van der Waals surface area contributed by atoms with Crippen molar-refractivity contribution in [3.8, 4) is 0 Å². The summed E-state index contributed by atoms with van der Waals surface area (Å²) in [6, 6.07) is 10.0. The zero-order valence-electron chi connectivity index (χ0n) is 12.9. The fourth-order valence-electron chi connectivity index (χ4n) is 1.73. The van der Waals surface area contributed by atoms with E-state index >= 15 is 0 Å². The van der Waals surface area contributed by atoms with Crippen molar-refractivity contribution in [3.63, 3.8) is 0 Å². The molecule has 0 aliphatic rings. The Labute approximate surface area is 133 Å². The molecule has 98 valence electrons. The molecule has 0 radical (unpaired) electrons. The van der Waals surface area contributed by atoms with Crippen LogP contribution in [0.1, 0.15) is 27.8 Å². The van der Waals surface area contributed by atoms with Crippen molar-refractivity contribution in [1.82, 2.24) is 0 Å². The van der Waals surface area contributed by atoms with Crippen molar-refractivity contribution in [1.29, 1.82) is 0 Å². The van der Waals surface area contributed by atoms with Gasteiger partial charge >= 0.3 is 26.2 Å². The molecule has 0 atom stereocenters. The van der Waals surface area contributed by atoms with Crippen molar-refractivity contribution < 1.29 is 26.2 Å². The summed E-state index contributed by atoms with van der Waals surface area (Å²) < 4.78 is 0. The summed E-state index contributed by atoms with van der Waals surface area (Å²) in [5, 5.41) is 0. The average Bonchev–Trinajstić information content (AvgIpc) is 2.86. The van der Waals surface area contributed by atoms with E-state index in [9.17, 15) is 0 Å². The van der Waals surface area contributed by atoms with Crippen LogP contribution in [0.3, 0.4) is 0 Å². The molecule has 0 fully saturated rings. The van der Waals surface area contributed by atoms with Crippen LogP contribution in [0.25, 0.3) is 0 Å². The van der Waals surface area contributed by atoms with Crippen molar-refractivity contribution in [2.75, 3.05) is 0 Å². The minimum absolute atomic E-state index is 0. The molecule has 0 heterocycles. The van der Waals surface area contributed by atoms with Gasteiger partial charge in [-0.3, -0.25) is 0 Å². The molecular weight excluding hydrogens is 295 g/mol. The van der Waals surface area contributed by atoms with Crippen molar-refractivity contribution in [2.45, 2.75) is 34.6 Å². The predicted octanol–water partition coefficient (Wildman–Crippen LogP) is 5.25. The smallest absolute Gasteiger partial charge is 0.358 e. The molecule has 0 amide bonds. The third-order valence-electron chi connectivity index (χ3n) is 3.37. The summed E-state index contributed by atoms with van der Waals surface area (Å²) in [4.78, 5) is 0. The fourth-order valence-corrected chi connectivity index (χ4v) is 1.73. The first-order valence-electron chi connectivity index (χ1n) is 5.42. The van der Waals surface area contributed by atoms with Gasteiger partial charge < -0.3 is 14.9 Å². The molecule has 1 heteroatoms. The molecule has 2 rings (SSSR count). The van der Waals surface area contributed by atoms with E-state index in [1.807, 2.05) is 30.3 Å². The number of rotatable bonds is 0. The van der Waals surface area contributed by atoms with Crippen LogP contribution in [0.15, 0.2) is 30.3 Å². The first-order valence-corrected chi connectivity index (χ1v) is 5.42. The molecule has 0 unspecified atom stereocenters. The Bertz CT molecular complexity index is 308. The minimum atomic E-state index is 0. The van der Waals surface area contributed by atoms with Crippen LogP contribution < -0.4 is 0 Å². The molecule has 0 saturated heterocycles. The number of hydrogen-bond acceptors (Lipinski definition) is 0. The molecule has 2 aromatic rings. The summed E-state index contributed by atoms with van der Waals surface area (Å²) in [5.74, 6) is 0. The second kappa shape index (κ2) is 10.5. The summed E-state index contributed by atoms with van der Waals surface area (Å²) >= 11 is 0. The van der Waals surface area contributed by atoms with Gasteiger partial charge in [0.1, 0.15) is 0 Å². The Morgan fingerprint density at radius 3 is 1.28 bits per heavy atom. The quantitative estimate of drug-likeness (QED) is 0.581. The van der Waals surface area contributed by atoms with Crippen LogP contribution in [-0.2, 0) is 26.2 Å². The van der Waals surface area contributed by atoms with E-state index in [1.165, 1.54) is 27.8 Å². The summed E-state index contributed by atoms with van der Waals surface area (Å²) in [5.41, 5.74) is 7.34. The maximum absolute atomic E-state index is 2.20. The standard InChI is InChI=1S/C10H15.C5H5.2CH3.Zr/c1-6-7(2)9(4)10(5)8(6)3;1-2-4-5-3-1;;;/h1-5H3;1-5H;2*1H3;/q4*-1;+4. The second-order valence-electron chi connectivity index (χ2n) is 4.09. The molecule has 0 aromatic heterocycles. The van der Waals surface area contributed by atoms with Crippen LogP contribution in [0.2, 0.25) is 0 Å². The van der Waals surface area contributed by atoms with Crippen LogP contribution in [0.5, 0.6) is 0 Å². The zero-order chi connectivity index (χ0) is 11.4. The maximum Gasteiger partial charge on any atom is 4.00 e. The molecular formula is C17H26Zr. The van der Waals surface area contributed by atoms with Crippen LogP contribution in [0.4, 0.5) is 0 Å². The van der Waals surface area contributed by atoms with Gasteiger partial charge in [0.05, 0.1) is 0 Å². The van der Waals surface area contributed by atoms with Crippen LogP contribution in [0, 0.1) is 49.5 Å². The maximum atomic E-state index is 2.20. The van der Waals surface area contributed by atoms with Gasteiger partial charge in [0.15, 0.2) is 0 Å². The van der Waals surface area contributed by atoms with Gasteiger partial charge in [-0.05, 0) is 0 Å². The van der Waals surface area contributed by atoms with Gasteiger partial charge in [-0.25, -0.2) is 12.1 Å². The van der Waals surface area contributed by atoms with Gasteiger partial charge in [-0.15, -0.1) is 0 Å². The van der Waals surface area contributed by atoms with Crippen molar-refractivity contribution >= 4 is 0 Å². The Kier molecular flexibility index (Phi) is 13.3. The fraction of sp³-hybridized carbons (Fsp3) is 0.294. The largest absolute Gasteiger partial charge is 4.00 e. The summed E-state index contributed by atoms with van der Waals surface area (Å²) in [6.45, 7) is 11.0. The Hall–Kier alpha value is -0.417. The summed E-state index contributed by atoms with van der Waals surface area (Å²) in [6.07, 6.45) is 0. The van der Waals surface area contributed by atoms with Gasteiger partial charge in [0.25, 0.3) is 0 Å². The molecule has 0 spiro atoms. The van der Waals surface area contributed by atoms with Gasteiger partial charge in [-0.1, -0.05) is 34.6 Å². The molecule has 2 aromatic carbocycles. The topological polar surface area (TPSA) is 0 Å². The molecule has 0 aliphatic carbocycles. The Balaban J connectivity index is -0.000000245. The van der Waals surface area contributed by atoms with Gasteiger partial charge in [0, 0.05) is 0 Å². The molecule has 0 aliphatic heterocycles. The van der Waals surface area contributed by atoms with Gasteiger partial charge in [-0.2, -0.15) is 46.0 Å². The minimum Gasteiger partial charge on any atom is -0.358 e. The Morgan fingerprint density at radius 2 is 1.17 bits per heavy atom. The van der Waals surface area contributed by atoms with Crippen molar-refractivity contribution in [2.24, 2.45) is 0 Å². The normalized spacial score (nSPS) is 8.06. The average molecular weight is 322 g/mol. The molecule has 0 nitrogen and oxygen atoms in total. The van der Waals surface area contributed by atoms with Gasteiger partial charge in [0.2, 0.25) is 0 Å². The third-order valence-corrected chi connectivity index (χ3v) is 3.37. The molecule has 0 saturated carbocycles. The third kappa shape index (κ3) is 5.48. The van der Waals surface area contributed by atoms with Crippen LogP contribution in [-0.4, -0.2) is 0 Å². The van der Waals surface area contributed by atoms with E-state index in [2.05, 4.69) is 34.6 Å². The second-order valence-corrected chi connectivity index (χ2v) is 4.09. The SMILES string of the molecule is Cc1c(C)c(C)[c-](C)c1C.[CH3-].[CH3-].[Zr+4].c1cc[cH-]c1. The molecule has 18 heavy (non-hydrogen) atoms. The van der Waals surface area contributed by atoms with Crippen LogP contribution >= 0.6 is 0 Å². The first-order chi connectivity index (χ1) is 7.05. The van der Waals surface area contributed by atoms with E-state index in [4.69, 9.17) is 0 Å².